The molecule has 70 valence electrons. The predicted molar refractivity (Wildman–Crippen MR) is 55.2 cm³/mol. The molecule has 1 aliphatic rings. The van der Waals surface area contributed by atoms with Crippen LogP contribution in [0.25, 0.3) is 0 Å². The summed E-state index contributed by atoms with van der Waals surface area (Å²) in [5.74, 6) is 0.903. The summed E-state index contributed by atoms with van der Waals surface area (Å²) < 4.78 is 0. The zero-order valence-electron chi connectivity index (χ0n) is 8.60. The van der Waals surface area contributed by atoms with E-state index in [0.717, 1.165) is 11.3 Å². The van der Waals surface area contributed by atoms with Crippen LogP contribution in [0.1, 0.15) is 52.4 Å². The van der Waals surface area contributed by atoms with E-state index in [2.05, 4.69) is 20.4 Å². The third-order valence-corrected chi connectivity index (χ3v) is 3.21. The second kappa shape index (κ2) is 4.11. The van der Waals surface area contributed by atoms with Crippen LogP contribution in [0.3, 0.4) is 0 Å². The lowest BCUT2D eigenvalue weighted by Crippen LogP contribution is -1.99. The van der Waals surface area contributed by atoms with E-state index < -0.39 is 0 Å². The maximum Gasteiger partial charge on any atom is -0.0325 e. The molecular formula is C12H22. The van der Waals surface area contributed by atoms with Crippen molar-refractivity contribution in [2.24, 2.45) is 11.3 Å². The van der Waals surface area contributed by atoms with Gasteiger partial charge in [0, 0.05) is 0 Å². The molecule has 0 aliphatic heterocycles. The topological polar surface area (TPSA) is 0 Å². The first-order chi connectivity index (χ1) is 5.66. The fourth-order valence-electron chi connectivity index (χ4n) is 1.60. The Labute approximate surface area is 77.1 Å². The van der Waals surface area contributed by atoms with Gasteiger partial charge in [0.15, 0.2) is 0 Å². The Morgan fingerprint density at radius 1 is 1.42 bits per heavy atom. The average Bonchev–Trinajstić information content (AvgIpc) is 2.77. The molecule has 0 heterocycles. The van der Waals surface area contributed by atoms with E-state index in [1.165, 1.54) is 38.5 Å². The van der Waals surface area contributed by atoms with Crippen molar-refractivity contribution in [3.8, 4) is 0 Å². The van der Waals surface area contributed by atoms with Gasteiger partial charge in [-0.2, -0.15) is 0 Å². The number of rotatable bonds is 6. The third-order valence-electron chi connectivity index (χ3n) is 3.21. The molecule has 1 fully saturated rings. The van der Waals surface area contributed by atoms with Gasteiger partial charge in [-0.3, -0.25) is 0 Å². The van der Waals surface area contributed by atoms with Crippen molar-refractivity contribution in [1.82, 2.24) is 0 Å². The minimum absolute atomic E-state index is 0.752. The molecule has 1 aliphatic carbocycles. The lowest BCUT2D eigenvalue weighted by atomic mass is 9.93. The third kappa shape index (κ3) is 3.42. The SMILES string of the molecule is C=CCCC(C)CCC1(C)CC1. The monoisotopic (exact) mass is 166 g/mol. The van der Waals surface area contributed by atoms with Gasteiger partial charge in [0.25, 0.3) is 0 Å². The van der Waals surface area contributed by atoms with Gasteiger partial charge in [-0.1, -0.05) is 26.3 Å². The van der Waals surface area contributed by atoms with Crippen LogP contribution in [-0.4, -0.2) is 0 Å². The van der Waals surface area contributed by atoms with Crippen LogP contribution in [0.4, 0.5) is 0 Å². The van der Waals surface area contributed by atoms with Gasteiger partial charge >= 0.3 is 0 Å². The molecule has 12 heavy (non-hydrogen) atoms. The average molecular weight is 166 g/mol. The zero-order chi connectivity index (χ0) is 9.03. The number of hydrogen-bond acceptors (Lipinski definition) is 0. The lowest BCUT2D eigenvalue weighted by molar-refractivity contribution is 0.402. The van der Waals surface area contributed by atoms with Crippen molar-refractivity contribution >= 4 is 0 Å². The fourth-order valence-corrected chi connectivity index (χ4v) is 1.60. The van der Waals surface area contributed by atoms with Crippen molar-refractivity contribution in [2.45, 2.75) is 52.4 Å². The minimum atomic E-state index is 0.752. The summed E-state index contributed by atoms with van der Waals surface area (Å²) in [6.07, 6.45) is 10.4. The molecule has 1 rings (SSSR count). The molecule has 0 N–H and O–H groups in total. The molecule has 0 amide bonds. The van der Waals surface area contributed by atoms with E-state index in [1.807, 2.05) is 6.08 Å². The van der Waals surface area contributed by atoms with Crippen molar-refractivity contribution in [2.75, 3.05) is 0 Å². The Morgan fingerprint density at radius 2 is 2.08 bits per heavy atom. The molecule has 0 bridgehead atoms. The molecular weight excluding hydrogens is 144 g/mol. The summed E-state index contributed by atoms with van der Waals surface area (Å²) in [6.45, 7) is 8.55. The number of hydrogen-bond donors (Lipinski definition) is 0. The highest BCUT2D eigenvalue weighted by Gasteiger charge is 2.36. The van der Waals surface area contributed by atoms with Crippen molar-refractivity contribution in [3.05, 3.63) is 12.7 Å². The molecule has 0 heteroatoms. The molecule has 0 nitrogen and oxygen atoms in total. The lowest BCUT2D eigenvalue weighted by Gasteiger charge is -2.13. The molecule has 0 spiro atoms. The summed E-state index contributed by atoms with van der Waals surface area (Å²) in [7, 11) is 0. The van der Waals surface area contributed by atoms with E-state index in [9.17, 15) is 0 Å². The second-order valence-electron chi connectivity index (χ2n) is 4.82. The Balaban J connectivity index is 2.01. The molecule has 1 saturated carbocycles. The molecule has 0 aromatic rings. The fraction of sp³-hybridized carbons (Fsp3) is 0.833. The van der Waals surface area contributed by atoms with Gasteiger partial charge < -0.3 is 0 Å². The molecule has 0 aromatic heterocycles. The smallest absolute Gasteiger partial charge is 0.0325 e. The van der Waals surface area contributed by atoms with Gasteiger partial charge in [-0.15, -0.1) is 6.58 Å². The van der Waals surface area contributed by atoms with Gasteiger partial charge in [-0.05, 0) is 43.4 Å². The maximum atomic E-state index is 3.75. The standard InChI is InChI=1S/C12H22/c1-4-5-6-11(2)7-8-12(3)9-10-12/h4,11H,1,5-10H2,2-3H3. The van der Waals surface area contributed by atoms with E-state index in [0.29, 0.717) is 0 Å². The van der Waals surface area contributed by atoms with E-state index in [1.54, 1.807) is 0 Å². The van der Waals surface area contributed by atoms with Crippen LogP contribution in [0.2, 0.25) is 0 Å². The Bertz CT molecular complexity index is 142. The van der Waals surface area contributed by atoms with Crippen LogP contribution in [0, 0.1) is 11.3 Å². The maximum absolute atomic E-state index is 3.75. The first-order valence-electron chi connectivity index (χ1n) is 5.27. The summed E-state index contributed by atoms with van der Waals surface area (Å²) in [6, 6.07) is 0. The highest BCUT2D eigenvalue weighted by Crippen LogP contribution is 2.49. The van der Waals surface area contributed by atoms with Crippen LogP contribution in [0.15, 0.2) is 12.7 Å². The van der Waals surface area contributed by atoms with Crippen molar-refractivity contribution in [1.29, 1.82) is 0 Å². The van der Waals surface area contributed by atoms with Crippen molar-refractivity contribution in [3.63, 3.8) is 0 Å². The molecule has 1 atom stereocenters. The molecule has 0 aromatic carbocycles. The van der Waals surface area contributed by atoms with Crippen LogP contribution < -0.4 is 0 Å². The highest BCUT2D eigenvalue weighted by molar-refractivity contribution is 4.88. The van der Waals surface area contributed by atoms with E-state index >= 15 is 0 Å². The molecule has 1 unspecified atom stereocenters. The Hall–Kier alpha value is -0.260. The van der Waals surface area contributed by atoms with E-state index in [4.69, 9.17) is 0 Å². The quantitative estimate of drug-likeness (QED) is 0.519. The predicted octanol–water partition coefficient (Wildman–Crippen LogP) is 4.17. The van der Waals surface area contributed by atoms with Gasteiger partial charge in [0.1, 0.15) is 0 Å². The minimum Gasteiger partial charge on any atom is -0.103 e. The summed E-state index contributed by atoms with van der Waals surface area (Å²) in [5, 5.41) is 0. The normalized spacial score (nSPS) is 21.8. The Kier molecular flexibility index (Phi) is 3.37. The molecule has 0 radical (unpaired) electrons. The summed E-state index contributed by atoms with van der Waals surface area (Å²) in [5.41, 5.74) is 0.752. The first-order valence-corrected chi connectivity index (χ1v) is 5.27. The van der Waals surface area contributed by atoms with Crippen LogP contribution in [0.5, 0.6) is 0 Å². The Morgan fingerprint density at radius 3 is 2.58 bits per heavy atom. The van der Waals surface area contributed by atoms with Crippen LogP contribution in [-0.2, 0) is 0 Å². The number of allylic oxidation sites excluding steroid dienone is 1. The second-order valence-corrected chi connectivity index (χ2v) is 4.82. The first kappa shape index (κ1) is 9.83. The largest absolute Gasteiger partial charge is 0.103 e. The summed E-state index contributed by atoms with van der Waals surface area (Å²) >= 11 is 0. The van der Waals surface area contributed by atoms with Gasteiger partial charge in [-0.25, -0.2) is 0 Å². The zero-order valence-corrected chi connectivity index (χ0v) is 8.60. The van der Waals surface area contributed by atoms with E-state index in [-0.39, 0.29) is 0 Å². The van der Waals surface area contributed by atoms with Gasteiger partial charge in [0.2, 0.25) is 0 Å². The van der Waals surface area contributed by atoms with Crippen LogP contribution >= 0.6 is 0 Å². The van der Waals surface area contributed by atoms with Gasteiger partial charge in [0.05, 0.1) is 0 Å². The summed E-state index contributed by atoms with van der Waals surface area (Å²) in [4.78, 5) is 0. The highest BCUT2D eigenvalue weighted by atomic mass is 14.4. The van der Waals surface area contributed by atoms with Crippen molar-refractivity contribution < 1.29 is 0 Å². The molecule has 0 saturated heterocycles.